The van der Waals surface area contributed by atoms with Crippen LogP contribution in [0.5, 0.6) is 5.75 Å². The first-order valence-electron chi connectivity index (χ1n) is 6.93. The van der Waals surface area contributed by atoms with Gasteiger partial charge in [-0.2, -0.15) is 0 Å². The van der Waals surface area contributed by atoms with E-state index in [9.17, 15) is 4.79 Å². The van der Waals surface area contributed by atoms with Gasteiger partial charge < -0.3 is 15.4 Å². The summed E-state index contributed by atoms with van der Waals surface area (Å²) in [7, 11) is 1.62. The molecule has 1 aliphatic heterocycles. The van der Waals surface area contributed by atoms with E-state index in [0.717, 1.165) is 37.1 Å². The summed E-state index contributed by atoms with van der Waals surface area (Å²) in [4.78, 5) is 14.0. The van der Waals surface area contributed by atoms with Crippen molar-refractivity contribution in [2.45, 2.75) is 25.7 Å². The fourth-order valence-corrected chi connectivity index (χ4v) is 2.37. The second kappa shape index (κ2) is 6.97. The lowest BCUT2D eigenvalue weighted by Gasteiger charge is -2.23. The van der Waals surface area contributed by atoms with E-state index in [1.165, 1.54) is 0 Å². The Labute approximate surface area is 119 Å². The van der Waals surface area contributed by atoms with Gasteiger partial charge in [0.05, 0.1) is 19.3 Å². The number of hydrogen-bond acceptors (Lipinski definition) is 3. The number of anilines is 1. The minimum Gasteiger partial charge on any atom is -0.495 e. The van der Waals surface area contributed by atoms with Crippen LogP contribution in [0.2, 0.25) is 0 Å². The van der Waals surface area contributed by atoms with Gasteiger partial charge in [0.15, 0.2) is 0 Å². The Morgan fingerprint density at radius 3 is 2.95 bits per heavy atom. The summed E-state index contributed by atoms with van der Waals surface area (Å²) >= 11 is 0. The lowest BCUT2D eigenvalue weighted by molar-refractivity contribution is -0.118. The number of nitrogens with zero attached hydrogens (tertiary/aromatic N) is 1. The summed E-state index contributed by atoms with van der Waals surface area (Å²) < 4.78 is 5.38. The number of rotatable bonds is 2. The molecule has 1 saturated heterocycles. The molecule has 0 aliphatic carbocycles. The predicted octanol–water partition coefficient (Wildman–Crippen LogP) is 1.91. The zero-order valence-corrected chi connectivity index (χ0v) is 11.8. The van der Waals surface area contributed by atoms with Crippen molar-refractivity contribution < 1.29 is 9.53 Å². The van der Waals surface area contributed by atoms with Crippen LogP contribution in [0.3, 0.4) is 0 Å². The molecule has 1 aromatic rings. The van der Waals surface area contributed by atoms with E-state index in [1.807, 2.05) is 23.1 Å². The van der Waals surface area contributed by atoms with Crippen LogP contribution in [0.15, 0.2) is 18.2 Å². The number of ether oxygens (including phenoxy) is 1. The van der Waals surface area contributed by atoms with Crippen molar-refractivity contribution in [2.75, 3.05) is 25.1 Å². The number of methoxy groups -OCH3 is 1. The fourth-order valence-electron chi connectivity index (χ4n) is 2.37. The summed E-state index contributed by atoms with van der Waals surface area (Å²) in [5.41, 5.74) is 7.05. The summed E-state index contributed by atoms with van der Waals surface area (Å²) in [5.74, 6) is 6.69. The summed E-state index contributed by atoms with van der Waals surface area (Å²) in [6.07, 6.45) is 3.68. The quantitative estimate of drug-likeness (QED) is 0.837. The highest BCUT2D eigenvalue weighted by atomic mass is 16.5. The van der Waals surface area contributed by atoms with E-state index in [1.54, 1.807) is 7.11 Å². The molecule has 0 spiro atoms. The minimum absolute atomic E-state index is 0.157. The maximum atomic E-state index is 12.2. The Morgan fingerprint density at radius 2 is 2.20 bits per heavy atom. The van der Waals surface area contributed by atoms with Gasteiger partial charge in [0, 0.05) is 18.5 Å². The summed E-state index contributed by atoms with van der Waals surface area (Å²) in [6.45, 7) is 1.06. The Kier molecular flexibility index (Phi) is 5.03. The Bertz CT molecular complexity index is 543. The van der Waals surface area contributed by atoms with Gasteiger partial charge in [0.25, 0.3) is 0 Å². The molecule has 0 bridgehead atoms. The SMILES string of the molecule is COc1ccc(C#CCN)cc1N1CCCCCC1=O. The first kappa shape index (κ1) is 14.4. The number of hydrogen-bond donors (Lipinski definition) is 1. The minimum atomic E-state index is 0.157. The van der Waals surface area contributed by atoms with Crippen LogP contribution in [0.1, 0.15) is 31.2 Å². The van der Waals surface area contributed by atoms with E-state index in [4.69, 9.17) is 10.5 Å². The lowest BCUT2D eigenvalue weighted by atomic mass is 10.1. The van der Waals surface area contributed by atoms with Crippen LogP contribution in [-0.4, -0.2) is 26.1 Å². The van der Waals surface area contributed by atoms with Gasteiger partial charge in [-0.1, -0.05) is 18.3 Å². The Hall–Kier alpha value is -1.99. The average molecular weight is 272 g/mol. The van der Waals surface area contributed by atoms with Crippen LogP contribution >= 0.6 is 0 Å². The topological polar surface area (TPSA) is 55.6 Å². The molecule has 1 aliphatic rings. The van der Waals surface area contributed by atoms with E-state index < -0.39 is 0 Å². The molecule has 0 aromatic heterocycles. The molecule has 4 nitrogen and oxygen atoms in total. The molecule has 1 amide bonds. The highest BCUT2D eigenvalue weighted by molar-refractivity contribution is 5.95. The highest BCUT2D eigenvalue weighted by Gasteiger charge is 2.21. The molecule has 1 heterocycles. The summed E-state index contributed by atoms with van der Waals surface area (Å²) in [5, 5.41) is 0. The number of benzene rings is 1. The number of carbonyl (C=O) groups is 1. The molecule has 0 saturated carbocycles. The molecule has 0 unspecified atom stereocenters. The fraction of sp³-hybridized carbons (Fsp3) is 0.438. The molecule has 2 rings (SSSR count). The molecule has 1 aromatic carbocycles. The highest BCUT2D eigenvalue weighted by Crippen LogP contribution is 2.31. The molecule has 0 atom stereocenters. The van der Waals surface area contributed by atoms with Crippen LogP contribution in [0, 0.1) is 11.8 Å². The molecule has 2 N–H and O–H groups in total. The van der Waals surface area contributed by atoms with Gasteiger partial charge in [0.2, 0.25) is 5.91 Å². The third-order valence-corrected chi connectivity index (χ3v) is 3.38. The van der Waals surface area contributed by atoms with Crippen molar-refractivity contribution in [3.05, 3.63) is 23.8 Å². The molecule has 1 fully saturated rings. The van der Waals surface area contributed by atoms with Crippen LogP contribution < -0.4 is 15.4 Å². The Morgan fingerprint density at radius 1 is 1.35 bits per heavy atom. The molecule has 106 valence electrons. The van der Waals surface area contributed by atoms with E-state index >= 15 is 0 Å². The van der Waals surface area contributed by atoms with Gasteiger partial charge in [-0.3, -0.25) is 4.79 Å². The van der Waals surface area contributed by atoms with Crippen molar-refractivity contribution in [2.24, 2.45) is 5.73 Å². The lowest BCUT2D eigenvalue weighted by Crippen LogP contribution is -2.30. The van der Waals surface area contributed by atoms with Crippen molar-refractivity contribution in [3.63, 3.8) is 0 Å². The van der Waals surface area contributed by atoms with Gasteiger partial charge >= 0.3 is 0 Å². The molecular weight excluding hydrogens is 252 g/mol. The van der Waals surface area contributed by atoms with Gasteiger partial charge in [-0.15, -0.1) is 0 Å². The molecule has 4 heteroatoms. The predicted molar refractivity (Wildman–Crippen MR) is 79.7 cm³/mol. The normalized spacial score (nSPS) is 15.3. The van der Waals surface area contributed by atoms with E-state index in [0.29, 0.717) is 18.7 Å². The first-order chi connectivity index (χ1) is 9.76. The zero-order chi connectivity index (χ0) is 14.4. The Balaban J connectivity index is 2.38. The maximum absolute atomic E-state index is 12.2. The first-order valence-corrected chi connectivity index (χ1v) is 6.93. The van der Waals surface area contributed by atoms with Gasteiger partial charge in [-0.05, 0) is 31.0 Å². The second-order valence-electron chi connectivity index (χ2n) is 4.75. The van der Waals surface area contributed by atoms with Crippen LogP contribution in [-0.2, 0) is 4.79 Å². The van der Waals surface area contributed by atoms with Crippen molar-refractivity contribution in [1.82, 2.24) is 0 Å². The largest absolute Gasteiger partial charge is 0.495 e. The number of nitrogens with two attached hydrogens (primary N) is 1. The van der Waals surface area contributed by atoms with Crippen LogP contribution in [0.25, 0.3) is 0 Å². The number of carbonyl (C=O) groups excluding carboxylic acids is 1. The van der Waals surface area contributed by atoms with Gasteiger partial charge in [-0.25, -0.2) is 0 Å². The van der Waals surface area contributed by atoms with Crippen molar-refractivity contribution >= 4 is 11.6 Å². The third-order valence-electron chi connectivity index (χ3n) is 3.38. The number of amides is 1. The summed E-state index contributed by atoms with van der Waals surface area (Å²) in [6, 6.07) is 5.64. The second-order valence-corrected chi connectivity index (χ2v) is 4.75. The van der Waals surface area contributed by atoms with Crippen LogP contribution in [0.4, 0.5) is 5.69 Å². The average Bonchev–Trinajstić information content (AvgIpc) is 2.69. The van der Waals surface area contributed by atoms with Gasteiger partial charge in [0.1, 0.15) is 5.75 Å². The standard InChI is InChI=1S/C16H20N2O2/c1-20-15-9-8-13(6-5-10-17)12-14(15)18-11-4-2-3-7-16(18)19/h8-9,12H,2-4,7,10-11,17H2,1H3. The zero-order valence-electron chi connectivity index (χ0n) is 11.8. The van der Waals surface area contributed by atoms with Crippen molar-refractivity contribution in [1.29, 1.82) is 0 Å². The van der Waals surface area contributed by atoms with Crippen molar-refractivity contribution in [3.8, 4) is 17.6 Å². The maximum Gasteiger partial charge on any atom is 0.227 e. The molecular formula is C16H20N2O2. The molecule has 0 radical (unpaired) electrons. The van der Waals surface area contributed by atoms with E-state index in [2.05, 4.69) is 11.8 Å². The third kappa shape index (κ3) is 3.31. The smallest absolute Gasteiger partial charge is 0.227 e. The van der Waals surface area contributed by atoms with E-state index in [-0.39, 0.29) is 5.91 Å². The molecule has 20 heavy (non-hydrogen) atoms. The monoisotopic (exact) mass is 272 g/mol.